The number of nitrogens with zero attached hydrogens (tertiary/aromatic N) is 12. The van der Waals surface area contributed by atoms with Crippen molar-refractivity contribution in [2.24, 2.45) is 0 Å². The van der Waals surface area contributed by atoms with Gasteiger partial charge in [-0.25, -0.2) is 29.9 Å². The van der Waals surface area contributed by atoms with Gasteiger partial charge in [0.15, 0.2) is 34.9 Å². The molecule has 0 unspecified atom stereocenters. The van der Waals surface area contributed by atoms with Crippen molar-refractivity contribution >= 4 is 43.6 Å². The highest BCUT2D eigenvalue weighted by Crippen LogP contribution is 2.45. The first-order chi connectivity index (χ1) is 52.3. The van der Waals surface area contributed by atoms with Crippen molar-refractivity contribution in [1.82, 2.24) is 39.0 Å². The minimum Gasteiger partial charge on any atom is -0.308 e. The van der Waals surface area contributed by atoms with E-state index >= 15 is 0 Å². The Labute approximate surface area is 609 Å². The van der Waals surface area contributed by atoms with Crippen LogP contribution in [0.2, 0.25) is 0 Å². The van der Waals surface area contributed by atoms with Crippen molar-refractivity contribution < 1.29 is 0 Å². The number of benzene rings is 14. The van der Waals surface area contributed by atoms with E-state index in [0.29, 0.717) is 68.3 Å². The van der Waals surface area contributed by atoms with Crippen molar-refractivity contribution in [3.8, 4) is 160 Å². The highest BCUT2D eigenvalue weighted by Gasteiger charge is 2.26. The molecule has 0 aliphatic heterocycles. The average molecular weight is 1350 g/mol. The van der Waals surface area contributed by atoms with Gasteiger partial charge in [-0.15, -0.1) is 0 Å². The Bertz CT molecular complexity index is 6000. The molecule has 14 aromatic carbocycles. The first-order valence-corrected chi connectivity index (χ1v) is 34.5. The minimum atomic E-state index is 0.437. The summed E-state index contributed by atoms with van der Waals surface area (Å²) in [5, 5.41) is 44.2. The van der Waals surface area contributed by atoms with Crippen LogP contribution in [0.4, 0.5) is 0 Å². The second-order valence-corrected chi connectivity index (χ2v) is 25.9. The third kappa shape index (κ3) is 11.6. The Morgan fingerprint density at radius 1 is 0.189 bits per heavy atom. The maximum absolute atomic E-state index is 10.1. The quantitative estimate of drug-likeness (QED) is 0.108. The number of fused-ring (bicyclic) bond motifs is 6. The third-order valence-corrected chi connectivity index (χ3v) is 19.5. The Hall–Kier alpha value is -15.3. The first kappa shape index (κ1) is 62.9. The van der Waals surface area contributed by atoms with E-state index in [1.807, 2.05) is 218 Å². The molecule has 0 fully saturated rings. The summed E-state index contributed by atoms with van der Waals surface area (Å²) in [7, 11) is 0. The van der Waals surface area contributed by atoms with E-state index in [-0.39, 0.29) is 0 Å². The zero-order valence-corrected chi connectivity index (χ0v) is 56.5. The van der Waals surface area contributed by atoms with Gasteiger partial charge in [0, 0.05) is 54.9 Å². The molecule has 18 rings (SSSR count). The Balaban J connectivity index is 0.916. The normalized spacial score (nSPS) is 11.2. The van der Waals surface area contributed by atoms with Crippen LogP contribution < -0.4 is 0 Å². The number of hydrogen-bond donors (Lipinski definition) is 0. The van der Waals surface area contributed by atoms with Crippen molar-refractivity contribution in [3.63, 3.8) is 0 Å². The molecule has 0 radical (unpaired) electrons. The Morgan fingerprint density at radius 2 is 0.406 bits per heavy atom. The van der Waals surface area contributed by atoms with Crippen LogP contribution in [-0.4, -0.2) is 39.0 Å². The van der Waals surface area contributed by atoms with Gasteiger partial charge in [-0.1, -0.05) is 206 Å². The van der Waals surface area contributed by atoms with Gasteiger partial charge in [0.2, 0.25) is 0 Å². The van der Waals surface area contributed by atoms with Gasteiger partial charge in [0.05, 0.1) is 80.0 Å². The molecule has 0 bridgehead atoms. The number of aromatic nitrogens is 8. The predicted octanol–water partition coefficient (Wildman–Crippen LogP) is 22.1. The van der Waals surface area contributed by atoms with E-state index in [1.165, 1.54) is 0 Å². The van der Waals surface area contributed by atoms with Gasteiger partial charge in [0.1, 0.15) is 0 Å². The van der Waals surface area contributed by atoms with E-state index in [1.54, 1.807) is 0 Å². The lowest BCUT2D eigenvalue weighted by Crippen LogP contribution is -2.05. The molecule has 0 saturated heterocycles. The maximum Gasteiger partial charge on any atom is 0.166 e. The van der Waals surface area contributed by atoms with Crippen molar-refractivity contribution in [2.45, 2.75) is 0 Å². The zero-order valence-electron chi connectivity index (χ0n) is 56.5. The van der Waals surface area contributed by atoms with Crippen LogP contribution in [-0.2, 0) is 0 Å². The summed E-state index contributed by atoms with van der Waals surface area (Å²) < 4.78 is 4.58. The van der Waals surface area contributed by atoms with Crippen LogP contribution in [0.5, 0.6) is 0 Å². The summed E-state index contributed by atoms with van der Waals surface area (Å²) >= 11 is 0. The van der Waals surface area contributed by atoms with Crippen LogP contribution >= 0.6 is 0 Å². The smallest absolute Gasteiger partial charge is 0.166 e. The second-order valence-electron chi connectivity index (χ2n) is 25.9. The van der Waals surface area contributed by atoms with Crippen LogP contribution in [0.1, 0.15) is 22.3 Å². The summed E-state index contributed by atoms with van der Waals surface area (Å²) in [5.74, 6) is 2.87. The fraction of sp³-hybridized carbons (Fsp3) is 0. The molecule has 0 N–H and O–H groups in total. The minimum absolute atomic E-state index is 0.437. The lowest BCUT2D eigenvalue weighted by Gasteiger charge is -2.18. The lowest BCUT2D eigenvalue weighted by atomic mass is 9.97. The fourth-order valence-electron chi connectivity index (χ4n) is 14.4. The number of nitriles is 4. The van der Waals surface area contributed by atoms with Gasteiger partial charge in [0.25, 0.3) is 0 Å². The standard InChI is InChI=1S/C94H54N12/c95-55-59-17-13-29-67(45-59)71-33-39-83-77(49-71)78-50-72(68-30-14-18-60(46-68)56-96)34-40-84(78)105(83)87-43-37-75(53-81(87)93-101-89(63-21-5-1-6-22-63)99-90(102-93)64-23-7-2-8-24-64)76-38-44-88(82(54-76)94-103-91(65-25-9-3-10-26-65)100-92(104-94)66-27-11-4-12-28-66)106-85-41-35-73(69-31-15-19-61(47-69)57-97)51-79(85)80-52-74(36-42-86(80)106)70-32-16-20-62(48-70)58-98/h1-54H. The highest BCUT2D eigenvalue weighted by atomic mass is 15.1. The third-order valence-electron chi connectivity index (χ3n) is 19.5. The summed E-state index contributed by atoms with van der Waals surface area (Å²) in [6, 6.07) is 119. The van der Waals surface area contributed by atoms with Crippen molar-refractivity contribution in [3.05, 3.63) is 350 Å². The lowest BCUT2D eigenvalue weighted by molar-refractivity contribution is 1.06. The van der Waals surface area contributed by atoms with Gasteiger partial charge < -0.3 is 9.13 Å². The summed E-state index contributed by atoms with van der Waals surface area (Å²) in [6.45, 7) is 0. The van der Waals surface area contributed by atoms with Crippen molar-refractivity contribution in [2.75, 3.05) is 0 Å². The fourth-order valence-corrected chi connectivity index (χ4v) is 14.4. The summed E-state index contributed by atoms with van der Waals surface area (Å²) in [6.07, 6.45) is 0. The molecular weight excluding hydrogens is 1300 g/mol. The first-order valence-electron chi connectivity index (χ1n) is 34.5. The van der Waals surface area contributed by atoms with Gasteiger partial charge >= 0.3 is 0 Å². The van der Waals surface area contributed by atoms with Crippen LogP contribution in [0.15, 0.2) is 328 Å². The van der Waals surface area contributed by atoms with Gasteiger partial charge in [-0.05, 0) is 177 Å². The largest absolute Gasteiger partial charge is 0.308 e. The van der Waals surface area contributed by atoms with Crippen molar-refractivity contribution in [1.29, 1.82) is 21.0 Å². The number of rotatable bonds is 13. The predicted molar refractivity (Wildman–Crippen MR) is 421 cm³/mol. The molecule has 0 spiro atoms. The summed E-state index contributed by atoms with van der Waals surface area (Å²) in [5.41, 5.74) is 21.3. The van der Waals surface area contributed by atoms with Gasteiger partial charge in [-0.2, -0.15) is 21.0 Å². The molecule has 4 heterocycles. The molecule has 0 saturated carbocycles. The molecular formula is C94H54N12. The van der Waals surface area contributed by atoms with E-state index < -0.39 is 0 Å². The molecule has 18 aromatic rings. The molecule has 106 heavy (non-hydrogen) atoms. The van der Waals surface area contributed by atoms with Crippen LogP contribution in [0, 0.1) is 45.3 Å². The highest BCUT2D eigenvalue weighted by molar-refractivity contribution is 6.14. The van der Waals surface area contributed by atoms with E-state index in [2.05, 4.69) is 143 Å². The molecule has 0 amide bonds. The molecule has 12 nitrogen and oxygen atoms in total. The van der Waals surface area contributed by atoms with E-state index in [9.17, 15) is 21.0 Å². The Kier molecular flexibility index (Phi) is 15.8. The monoisotopic (exact) mass is 1350 g/mol. The second kappa shape index (κ2) is 26.6. The van der Waals surface area contributed by atoms with Gasteiger partial charge in [-0.3, -0.25) is 0 Å². The molecule has 0 aliphatic carbocycles. The molecule has 12 heteroatoms. The maximum atomic E-state index is 10.1. The molecule has 0 aliphatic rings. The summed E-state index contributed by atoms with van der Waals surface area (Å²) in [4.78, 5) is 32.3. The molecule has 490 valence electrons. The number of hydrogen-bond acceptors (Lipinski definition) is 10. The molecule has 0 atom stereocenters. The van der Waals surface area contributed by atoms with Crippen LogP contribution in [0.25, 0.3) is 179 Å². The van der Waals surface area contributed by atoms with Crippen LogP contribution in [0.3, 0.4) is 0 Å². The topological polar surface area (TPSA) is 182 Å². The zero-order chi connectivity index (χ0) is 71.2. The average Bonchev–Trinajstić information content (AvgIpc) is 1.56. The SMILES string of the molecule is N#Cc1cccc(-c2ccc3c(c2)c2cc(-c4cccc(C#N)c4)ccc2n3-c2ccc(-c3ccc(-n4c5ccc(-c6cccc(C#N)c6)cc5c5cc(-c6cccc(C#N)c6)ccc54)c(-c4nc(-c5ccccc5)nc(-c5ccccc5)n4)c3)cc2-c2nc(-c3ccccc3)nc(-c3ccccc3)n2)c1. The van der Waals surface area contributed by atoms with E-state index in [0.717, 1.165) is 133 Å². The van der Waals surface area contributed by atoms with E-state index in [4.69, 9.17) is 29.9 Å². The Morgan fingerprint density at radius 3 is 0.660 bits per heavy atom. The molecule has 4 aromatic heterocycles.